The molecule has 0 N–H and O–H groups in total. The molecular weight excluding hydrogens is 239 g/mol. The van der Waals surface area contributed by atoms with Gasteiger partial charge in [0.25, 0.3) is 4.99 Å². The van der Waals surface area contributed by atoms with E-state index in [1.165, 1.54) is 12.1 Å². The van der Waals surface area contributed by atoms with Crippen LogP contribution in [0.5, 0.6) is 0 Å². The second-order valence-electron chi connectivity index (χ2n) is 2.88. The molecule has 2 rings (SSSR count). The standard InChI is InChI=1S/C8H6N4O2S.Na/c13-7(14)5-2-1-3-6(4-5)8(15)9-11-12-10-8;/h1-4,15H,(H,13,14);/q;+1/p-1. The summed E-state index contributed by atoms with van der Waals surface area (Å²) < 4.78 is 0. The maximum Gasteiger partial charge on any atom is 1.00 e. The zero-order valence-electron chi connectivity index (χ0n) is 8.36. The molecule has 1 aliphatic rings. The molecule has 0 fully saturated rings. The number of hydrogen-bond donors (Lipinski definition) is 1. The van der Waals surface area contributed by atoms with Crippen molar-refractivity contribution in [3.8, 4) is 0 Å². The van der Waals surface area contributed by atoms with Crippen molar-refractivity contribution in [2.24, 2.45) is 20.7 Å². The topological polar surface area (TPSA) is 89.6 Å². The molecule has 0 saturated heterocycles. The van der Waals surface area contributed by atoms with E-state index in [1.54, 1.807) is 12.1 Å². The zero-order valence-corrected chi connectivity index (χ0v) is 11.3. The second kappa shape index (κ2) is 5.05. The SMILES string of the molecule is O=C([O-])c1cccc(C2(S)N=NN=N2)c1.[Na+]. The van der Waals surface area contributed by atoms with Crippen LogP contribution >= 0.6 is 12.6 Å². The minimum atomic E-state index is -1.26. The van der Waals surface area contributed by atoms with Crippen molar-refractivity contribution in [1.82, 2.24) is 0 Å². The van der Waals surface area contributed by atoms with Crippen LogP contribution in [0.15, 0.2) is 44.9 Å². The molecule has 0 atom stereocenters. The smallest absolute Gasteiger partial charge is 0.545 e. The largest absolute Gasteiger partial charge is 1.00 e. The van der Waals surface area contributed by atoms with Crippen LogP contribution < -0.4 is 34.7 Å². The Kier molecular flexibility index (Phi) is 4.20. The second-order valence-corrected chi connectivity index (χ2v) is 3.51. The van der Waals surface area contributed by atoms with Crippen LogP contribution in [0.25, 0.3) is 0 Å². The predicted octanol–water partition coefficient (Wildman–Crippen LogP) is -2.07. The third-order valence-electron chi connectivity index (χ3n) is 1.89. The first-order valence-corrected chi connectivity index (χ1v) is 4.45. The van der Waals surface area contributed by atoms with Gasteiger partial charge in [-0.05, 0) is 22.1 Å². The van der Waals surface area contributed by atoms with Crippen LogP contribution in [0.2, 0.25) is 0 Å². The molecule has 16 heavy (non-hydrogen) atoms. The number of thiol groups is 1. The van der Waals surface area contributed by atoms with E-state index in [-0.39, 0.29) is 35.1 Å². The fourth-order valence-electron chi connectivity index (χ4n) is 1.15. The summed E-state index contributed by atoms with van der Waals surface area (Å²) in [6.45, 7) is 0. The van der Waals surface area contributed by atoms with Gasteiger partial charge in [-0.15, -0.1) is 22.9 Å². The van der Waals surface area contributed by atoms with Crippen molar-refractivity contribution in [2.75, 3.05) is 0 Å². The molecule has 0 saturated carbocycles. The van der Waals surface area contributed by atoms with E-state index in [4.69, 9.17) is 0 Å². The number of carboxylic acids is 1. The van der Waals surface area contributed by atoms with Crippen molar-refractivity contribution in [3.63, 3.8) is 0 Å². The van der Waals surface area contributed by atoms with Gasteiger partial charge in [0.15, 0.2) is 0 Å². The van der Waals surface area contributed by atoms with Gasteiger partial charge in [-0.1, -0.05) is 18.2 Å². The van der Waals surface area contributed by atoms with Crippen LogP contribution in [0.3, 0.4) is 0 Å². The molecule has 1 aromatic carbocycles. The quantitative estimate of drug-likeness (QED) is 0.478. The molecule has 1 heterocycles. The van der Waals surface area contributed by atoms with Crippen LogP contribution in [0, 0.1) is 0 Å². The van der Waals surface area contributed by atoms with Gasteiger partial charge < -0.3 is 9.90 Å². The van der Waals surface area contributed by atoms with E-state index in [0.29, 0.717) is 5.56 Å². The molecule has 1 aliphatic heterocycles. The first-order valence-electron chi connectivity index (χ1n) is 4.00. The number of carboxylic acid groups (broad SMARTS) is 1. The maximum atomic E-state index is 10.6. The van der Waals surface area contributed by atoms with E-state index in [1.807, 2.05) is 0 Å². The van der Waals surface area contributed by atoms with E-state index < -0.39 is 11.0 Å². The number of aromatic carboxylic acids is 1. The molecule has 0 radical (unpaired) electrons. The van der Waals surface area contributed by atoms with E-state index in [0.717, 1.165) is 0 Å². The van der Waals surface area contributed by atoms with Gasteiger partial charge in [-0.2, -0.15) is 0 Å². The molecule has 0 aliphatic carbocycles. The van der Waals surface area contributed by atoms with Crippen molar-refractivity contribution < 1.29 is 39.5 Å². The van der Waals surface area contributed by atoms with Crippen molar-refractivity contribution in [2.45, 2.75) is 4.99 Å². The Bertz CT molecular complexity index is 465. The monoisotopic (exact) mass is 244 g/mol. The fraction of sp³-hybridized carbons (Fsp3) is 0.125. The van der Waals surface area contributed by atoms with Crippen LogP contribution in [-0.2, 0) is 4.99 Å². The summed E-state index contributed by atoms with van der Waals surface area (Å²) in [5, 5.41) is 24.7. The normalized spacial score (nSPS) is 15.8. The average molecular weight is 244 g/mol. The number of carbonyl (C=O) groups excluding carboxylic acids is 1. The van der Waals surface area contributed by atoms with E-state index in [9.17, 15) is 9.90 Å². The number of hydrogen-bond acceptors (Lipinski definition) is 7. The summed E-state index contributed by atoms with van der Waals surface area (Å²) in [5.74, 6) is -1.26. The van der Waals surface area contributed by atoms with E-state index in [2.05, 4.69) is 33.3 Å². The molecule has 0 bridgehead atoms. The Morgan fingerprint density at radius 3 is 2.50 bits per heavy atom. The minimum absolute atomic E-state index is 0. The third kappa shape index (κ3) is 2.49. The molecule has 0 aromatic heterocycles. The summed E-state index contributed by atoms with van der Waals surface area (Å²) in [4.78, 5) is 9.41. The summed E-state index contributed by atoms with van der Waals surface area (Å²) in [6.07, 6.45) is 0. The molecular formula is C8H5N4NaO2S. The Morgan fingerprint density at radius 2 is 1.94 bits per heavy atom. The van der Waals surface area contributed by atoms with Gasteiger partial charge in [0, 0.05) is 5.56 Å². The van der Waals surface area contributed by atoms with Crippen LogP contribution in [0.1, 0.15) is 15.9 Å². The molecule has 0 spiro atoms. The average Bonchev–Trinajstić information content (AvgIpc) is 2.67. The van der Waals surface area contributed by atoms with Gasteiger partial charge in [-0.25, -0.2) is 0 Å². The Morgan fingerprint density at radius 1 is 1.31 bits per heavy atom. The summed E-state index contributed by atoms with van der Waals surface area (Å²) in [6, 6.07) is 6.00. The van der Waals surface area contributed by atoms with Gasteiger partial charge in [-0.3, -0.25) is 0 Å². The van der Waals surface area contributed by atoms with Gasteiger partial charge in [0.2, 0.25) is 0 Å². The minimum Gasteiger partial charge on any atom is -0.545 e. The first-order chi connectivity index (χ1) is 7.12. The summed E-state index contributed by atoms with van der Waals surface area (Å²) in [7, 11) is 0. The third-order valence-corrected chi connectivity index (χ3v) is 2.33. The summed E-state index contributed by atoms with van der Waals surface area (Å²) in [5.41, 5.74) is 0.524. The first kappa shape index (κ1) is 13.3. The Balaban J connectivity index is 0.00000128. The molecule has 76 valence electrons. The van der Waals surface area contributed by atoms with E-state index >= 15 is 0 Å². The molecule has 6 nitrogen and oxygen atoms in total. The van der Waals surface area contributed by atoms with Crippen molar-refractivity contribution >= 4 is 18.6 Å². The van der Waals surface area contributed by atoms with Crippen molar-refractivity contribution in [3.05, 3.63) is 35.4 Å². The van der Waals surface area contributed by atoms with Crippen molar-refractivity contribution in [1.29, 1.82) is 0 Å². The van der Waals surface area contributed by atoms with Crippen LogP contribution in [0.4, 0.5) is 0 Å². The molecule has 0 amide bonds. The fourth-order valence-corrected chi connectivity index (χ4v) is 1.37. The molecule has 8 heteroatoms. The Labute approximate surface area is 119 Å². The molecule has 1 aromatic rings. The zero-order chi connectivity index (χ0) is 10.9. The van der Waals surface area contributed by atoms with Gasteiger partial charge in [0.05, 0.1) is 5.97 Å². The number of carbonyl (C=O) groups is 1. The number of rotatable bonds is 2. The number of nitrogens with zero attached hydrogens (tertiary/aromatic N) is 4. The number of benzene rings is 1. The molecule has 0 unspecified atom stereocenters. The van der Waals surface area contributed by atoms with Crippen LogP contribution in [-0.4, -0.2) is 5.97 Å². The van der Waals surface area contributed by atoms with Gasteiger partial charge in [0.1, 0.15) is 0 Å². The maximum absolute atomic E-state index is 10.6. The predicted molar refractivity (Wildman–Crippen MR) is 51.1 cm³/mol. The summed E-state index contributed by atoms with van der Waals surface area (Å²) >= 11 is 4.15. The van der Waals surface area contributed by atoms with Gasteiger partial charge >= 0.3 is 29.6 Å². The Hall–Kier alpha value is -0.760.